The van der Waals surface area contributed by atoms with Crippen molar-refractivity contribution in [2.24, 2.45) is 0 Å². The average molecular weight is 270 g/mol. The molecule has 2 N–H and O–H groups in total. The van der Waals surface area contributed by atoms with Gasteiger partial charge >= 0.3 is 0 Å². The SMILES string of the molecule is C#CCC(CC)Nc1nc[nH]c(=O)c1Br. The van der Waals surface area contributed by atoms with Crippen molar-refractivity contribution in [2.45, 2.75) is 25.8 Å². The van der Waals surface area contributed by atoms with Gasteiger partial charge in [-0.3, -0.25) is 4.79 Å². The van der Waals surface area contributed by atoms with Crippen LogP contribution in [0.2, 0.25) is 0 Å². The first-order valence-electron chi connectivity index (χ1n) is 4.62. The highest BCUT2D eigenvalue weighted by Crippen LogP contribution is 2.15. The molecule has 0 spiro atoms. The van der Waals surface area contributed by atoms with E-state index in [4.69, 9.17) is 6.42 Å². The fraction of sp³-hybridized carbons (Fsp3) is 0.400. The lowest BCUT2D eigenvalue weighted by atomic mass is 10.1. The second-order valence-electron chi connectivity index (χ2n) is 3.05. The van der Waals surface area contributed by atoms with Gasteiger partial charge in [0, 0.05) is 12.5 Å². The van der Waals surface area contributed by atoms with Crippen LogP contribution in [0.1, 0.15) is 19.8 Å². The molecule has 1 rings (SSSR count). The van der Waals surface area contributed by atoms with Gasteiger partial charge < -0.3 is 10.3 Å². The molecule has 1 atom stereocenters. The number of anilines is 1. The van der Waals surface area contributed by atoms with E-state index in [9.17, 15) is 4.79 Å². The molecule has 0 radical (unpaired) electrons. The van der Waals surface area contributed by atoms with Crippen LogP contribution in [-0.4, -0.2) is 16.0 Å². The fourth-order valence-electron chi connectivity index (χ4n) is 1.12. The van der Waals surface area contributed by atoms with Gasteiger partial charge in [0.05, 0.1) is 6.33 Å². The van der Waals surface area contributed by atoms with Crippen molar-refractivity contribution in [3.05, 3.63) is 21.2 Å². The van der Waals surface area contributed by atoms with Crippen LogP contribution >= 0.6 is 15.9 Å². The molecule has 1 unspecified atom stereocenters. The molecule has 0 aliphatic heterocycles. The summed E-state index contributed by atoms with van der Waals surface area (Å²) in [6.45, 7) is 2.02. The van der Waals surface area contributed by atoms with E-state index in [2.05, 4.69) is 37.1 Å². The lowest BCUT2D eigenvalue weighted by Gasteiger charge is -2.15. The van der Waals surface area contributed by atoms with Crippen LogP contribution < -0.4 is 10.9 Å². The van der Waals surface area contributed by atoms with Crippen molar-refractivity contribution >= 4 is 21.7 Å². The molecular weight excluding hydrogens is 258 g/mol. The molecule has 4 nitrogen and oxygen atoms in total. The zero-order valence-corrected chi connectivity index (χ0v) is 9.97. The zero-order valence-electron chi connectivity index (χ0n) is 8.38. The van der Waals surface area contributed by atoms with Gasteiger partial charge in [-0.2, -0.15) is 0 Å². The number of halogens is 1. The number of hydrogen-bond acceptors (Lipinski definition) is 3. The van der Waals surface area contributed by atoms with Crippen LogP contribution in [0.5, 0.6) is 0 Å². The van der Waals surface area contributed by atoms with E-state index in [1.165, 1.54) is 6.33 Å². The predicted molar refractivity (Wildman–Crippen MR) is 63.7 cm³/mol. The van der Waals surface area contributed by atoms with Gasteiger partial charge in [-0.05, 0) is 22.4 Å². The van der Waals surface area contributed by atoms with Crippen LogP contribution in [0.15, 0.2) is 15.6 Å². The minimum absolute atomic E-state index is 0.139. The molecule has 0 bridgehead atoms. The number of aromatic amines is 1. The van der Waals surface area contributed by atoms with Crippen molar-refractivity contribution in [2.75, 3.05) is 5.32 Å². The van der Waals surface area contributed by atoms with Crippen molar-refractivity contribution < 1.29 is 0 Å². The van der Waals surface area contributed by atoms with E-state index in [-0.39, 0.29) is 11.6 Å². The maximum Gasteiger partial charge on any atom is 0.267 e. The molecule has 0 aromatic carbocycles. The van der Waals surface area contributed by atoms with Crippen molar-refractivity contribution in [3.63, 3.8) is 0 Å². The Bertz CT molecular complexity index is 421. The average Bonchev–Trinajstić information content (AvgIpc) is 2.24. The summed E-state index contributed by atoms with van der Waals surface area (Å²) in [4.78, 5) is 17.7. The largest absolute Gasteiger partial charge is 0.365 e. The maximum atomic E-state index is 11.2. The van der Waals surface area contributed by atoms with Gasteiger partial charge in [-0.25, -0.2) is 4.98 Å². The van der Waals surface area contributed by atoms with E-state index in [1.54, 1.807) is 0 Å². The van der Waals surface area contributed by atoms with Gasteiger partial charge in [-0.1, -0.05) is 6.92 Å². The van der Waals surface area contributed by atoms with Gasteiger partial charge in [0.15, 0.2) is 0 Å². The summed E-state index contributed by atoms with van der Waals surface area (Å²) in [5, 5.41) is 3.12. The molecule has 5 heteroatoms. The quantitative estimate of drug-likeness (QED) is 0.819. The molecule has 80 valence electrons. The lowest BCUT2D eigenvalue weighted by molar-refractivity contribution is 0.710. The first-order chi connectivity index (χ1) is 7.19. The Labute approximate surface area is 96.6 Å². The Morgan fingerprint density at radius 1 is 1.80 bits per heavy atom. The summed E-state index contributed by atoms with van der Waals surface area (Å²) < 4.78 is 0.403. The van der Waals surface area contributed by atoms with Gasteiger partial charge in [-0.15, -0.1) is 12.3 Å². The zero-order chi connectivity index (χ0) is 11.3. The Morgan fingerprint density at radius 2 is 2.53 bits per heavy atom. The Kier molecular flexibility index (Phi) is 4.37. The van der Waals surface area contributed by atoms with E-state index in [0.29, 0.717) is 16.7 Å². The summed E-state index contributed by atoms with van der Waals surface area (Å²) in [6.07, 6.45) is 8.08. The standard InChI is InChI=1S/C10H12BrN3O/c1-3-5-7(4-2)14-9-8(11)10(15)13-6-12-9/h1,6-7H,4-5H2,2H3,(H2,12,13,14,15). The smallest absolute Gasteiger partial charge is 0.267 e. The maximum absolute atomic E-state index is 11.2. The summed E-state index contributed by atoms with van der Waals surface area (Å²) in [5.41, 5.74) is -0.205. The van der Waals surface area contributed by atoms with Gasteiger partial charge in [0.1, 0.15) is 10.3 Å². The Balaban J connectivity index is 2.84. The molecule has 0 saturated carbocycles. The Hall–Kier alpha value is -1.28. The third-order valence-electron chi connectivity index (χ3n) is 1.99. The van der Waals surface area contributed by atoms with Crippen LogP contribution in [0.3, 0.4) is 0 Å². The molecular formula is C10H12BrN3O. The Morgan fingerprint density at radius 3 is 3.13 bits per heavy atom. The molecule has 0 aliphatic carbocycles. The molecule has 1 aromatic rings. The highest BCUT2D eigenvalue weighted by molar-refractivity contribution is 9.10. The lowest BCUT2D eigenvalue weighted by Crippen LogP contribution is -2.21. The molecule has 0 saturated heterocycles. The predicted octanol–water partition coefficient (Wildman–Crippen LogP) is 1.75. The van der Waals surface area contributed by atoms with Crippen LogP contribution in [0, 0.1) is 12.3 Å². The van der Waals surface area contributed by atoms with Crippen LogP contribution in [0.4, 0.5) is 5.82 Å². The normalized spacial score (nSPS) is 11.8. The van der Waals surface area contributed by atoms with E-state index in [0.717, 1.165) is 6.42 Å². The number of terminal acetylenes is 1. The van der Waals surface area contributed by atoms with Crippen molar-refractivity contribution in [1.29, 1.82) is 0 Å². The van der Waals surface area contributed by atoms with Crippen LogP contribution in [-0.2, 0) is 0 Å². The molecule has 0 aliphatic rings. The van der Waals surface area contributed by atoms with E-state index < -0.39 is 0 Å². The number of H-pyrrole nitrogens is 1. The minimum atomic E-state index is -0.205. The number of rotatable bonds is 4. The number of nitrogens with one attached hydrogen (secondary N) is 2. The molecule has 1 heterocycles. The molecule has 0 fully saturated rings. The third-order valence-corrected chi connectivity index (χ3v) is 2.73. The number of aromatic nitrogens is 2. The monoisotopic (exact) mass is 269 g/mol. The van der Waals surface area contributed by atoms with Gasteiger partial charge in [0.25, 0.3) is 5.56 Å². The van der Waals surface area contributed by atoms with E-state index >= 15 is 0 Å². The highest BCUT2D eigenvalue weighted by atomic mass is 79.9. The summed E-state index contributed by atoms with van der Waals surface area (Å²) >= 11 is 3.17. The molecule has 0 amide bonds. The van der Waals surface area contributed by atoms with Crippen molar-refractivity contribution in [1.82, 2.24) is 9.97 Å². The summed E-state index contributed by atoms with van der Waals surface area (Å²) in [5.74, 6) is 3.11. The molecule has 15 heavy (non-hydrogen) atoms. The van der Waals surface area contributed by atoms with Crippen molar-refractivity contribution in [3.8, 4) is 12.3 Å². The number of nitrogens with zero attached hydrogens (tertiary/aromatic N) is 1. The fourth-order valence-corrected chi connectivity index (χ4v) is 1.45. The second kappa shape index (κ2) is 5.56. The van der Waals surface area contributed by atoms with Gasteiger partial charge in [0.2, 0.25) is 0 Å². The second-order valence-corrected chi connectivity index (χ2v) is 3.85. The topological polar surface area (TPSA) is 57.8 Å². The minimum Gasteiger partial charge on any atom is -0.365 e. The first-order valence-corrected chi connectivity index (χ1v) is 5.41. The summed E-state index contributed by atoms with van der Waals surface area (Å²) in [7, 11) is 0. The highest BCUT2D eigenvalue weighted by Gasteiger charge is 2.09. The van der Waals surface area contributed by atoms with E-state index in [1.807, 2.05) is 6.92 Å². The first kappa shape index (κ1) is 11.8. The third kappa shape index (κ3) is 3.10. The van der Waals surface area contributed by atoms with Crippen LogP contribution in [0.25, 0.3) is 0 Å². The summed E-state index contributed by atoms with van der Waals surface area (Å²) in [6, 6.07) is 0.139. The molecule has 1 aromatic heterocycles. The number of hydrogen-bond donors (Lipinski definition) is 2.